The van der Waals surface area contributed by atoms with Crippen molar-refractivity contribution in [1.29, 1.82) is 0 Å². The molecule has 0 aliphatic rings. The third-order valence-electron chi connectivity index (χ3n) is 7.65. The summed E-state index contributed by atoms with van der Waals surface area (Å²) in [6, 6.07) is 0. The molecule has 0 aromatic rings. The van der Waals surface area contributed by atoms with Crippen molar-refractivity contribution >= 4 is 19.8 Å². The summed E-state index contributed by atoms with van der Waals surface area (Å²) in [5.74, 6) is 0.954. The van der Waals surface area contributed by atoms with Crippen molar-refractivity contribution in [2.45, 2.75) is 196 Å². The average molecular weight is 574 g/mol. The molecule has 1 heteroatoms. The summed E-state index contributed by atoms with van der Waals surface area (Å²) < 4.78 is 5.20. The predicted octanol–water partition coefficient (Wildman–Crippen LogP) is 12.5. The molecule has 0 aromatic carbocycles. The summed E-state index contributed by atoms with van der Waals surface area (Å²) in [5.41, 5.74) is 0. The minimum atomic E-state index is -1.16. The van der Waals surface area contributed by atoms with Crippen molar-refractivity contribution in [3.63, 3.8) is 0 Å². The van der Waals surface area contributed by atoms with E-state index in [4.69, 9.17) is 0 Å². The van der Waals surface area contributed by atoms with Gasteiger partial charge in [0, 0.05) is 0 Å². The van der Waals surface area contributed by atoms with Crippen LogP contribution in [0.2, 0.25) is 13.3 Å². The molecule has 202 valence electrons. The monoisotopic (exact) mass is 574 g/mol. The van der Waals surface area contributed by atoms with E-state index in [1.807, 2.05) is 0 Å². The molecule has 0 fully saturated rings. The third kappa shape index (κ3) is 32.8. The van der Waals surface area contributed by atoms with Crippen LogP contribution in [0, 0.1) is 5.92 Å². The van der Waals surface area contributed by atoms with Gasteiger partial charge < -0.3 is 0 Å². The SMILES string of the molecule is CCCCC(C)CC.CCCCCCC[CH2][SnH]([CH2]CCCCCCC)[CH2]CCCCCCC. The van der Waals surface area contributed by atoms with E-state index in [1.54, 1.807) is 51.8 Å². The Bertz CT molecular complexity index is 276. The second-order valence-electron chi connectivity index (χ2n) is 11.2. The summed E-state index contributed by atoms with van der Waals surface area (Å²) in [4.78, 5) is 0. The van der Waals surface area contributed by atoms with Crippen LogP contribution in [-0.4, -0.2) is 19.8 Å². The van der Waals surface area contributed by atoms with Gasteiger partial charge in [-0.3, -0.25) is 0 Å². The van der Waals surface area contributed by atoms with Gasteiger partial charge in [-0.15, -0.1) is 0 Å². The van der Waals surface area contributed by atoms with Crippen LogP contribution in [0.25, 0.3) is 0 Å². The summed E-state index contributed by atoms with van der Waals surface area (Å²) >= 11 is -1.16. The maximum absolute atomic E-state index is 2.33. The van der Waals surface area contributed by atoms with Crippen LogP contribution in [0.5, 0.6) is 0 Å². The van der Waals surface area contributed by atoms with E-state index < -0.39 is 19.8 Å². The molecule has 0 N–H and O–H groups in total. The van der Waals surface area contributed by atoms with Gasteiger partial charge in [0.25, 0.3) is 0 Å². The van der Waals surface area contributed by atoms with Crippen LogP contribution in [0.1, 0.15) is 183 Å². The number of hydrogen-bond donors (Lipinski definition) is 0. The third-order valence-corrected chi connectivity index (χ3v) is 18.1. The zero-order valence-electron chi connectivity index (χ0n) is 24.8. The molecule has 1 unspecified atom stereocenters. The van der Waals surface area contributed by atoms with E-state index in [0.717, 1.165) is 5.92 Å². The molecule has 33 heavy (non-hydrogen) atoms. The van der Waals surface area contributed by atoms with Crippen LogP contribution in [0.4, 0.5) is 0 Å². The first kappa shape index (κ1) is 36.0. The van der Waals surface area contributed by atoms with Gasteiger partial charge in [0.05, 0.1) is 0 Å². The first-order valence-corrected chi connectivity index (χ1v) is 23.1. The Morgan fingerprint density at radius 2 is 0.697 bits per heavy atom. The molecule has 0 amide bonds. The second kappa shape index (κ2) is 32.8. The van der Waals surface area contributed by atoms with Crippen molar-refractivity contribution in [1.82, 2.24) is 0 Å². The Kier molecular flexibility index (Phi) is 35.7. The molecule has 0 radical (unpaired) electrons. The minimum absolute atomic E-state index is 0.954. The van der Waals surface area contributed by atoms with Gasteiger partial charge in [0.15, 0.2) is 0 Å². The van der Waals surface area contributed by atoms with E-state index in [0.29, 0.717) is 0 Å². The van der Waals surface area contributed by atoms with Crippen LogP contribution in [-0.2, 0) is 0 Å². The zero-order chi connectivity index (χ0) is 24.8. The number of unbranched alkanes of at least 4 members (excludes halogenated alkanes) is 16. The normalized spacial score (nSPS) is 12.1. The predicted molar refractivity (Wildman–Crippen MR) is 161 cm³/mol. The Labute approximate surface area is 221 Å². The van der Waals surface area contributed by atoms with Crippen LogP contribution in [0.15, 0.2) is 0 Å². The van der Waals surface area contributed by atoms with E-state index in [9.17, 15) is 0 Å². The van der Waals surface area contributed by atoms with Crippen LogP contribution in [0.3, 0.4) is 0 Å². The molecule has 0 bridgehead atoms. The Balaban J connectivity index is 0. The molecule has 0 saturated heterocycles. The molecule has 0 aromatic heterocycles. The first-order valence-electron chi connectivity index (χ1n) is 16.2. The fourth-order valence-corrected chi connectivity index (χ4v) is 14.7. The van der Waals surface area contributed by atoms with E-state index in [2.05, 4.69) is 41.5 Å². The van der Waals surface area contributed by atoms with Crippen LogP contribution >= 0.6 is 0 Å². The first-order chi connectivity index (χ1) is 16.2. The zero-order valence-corrected chi connectivity index (χ0v) is 28.1. The Morgan fingerprint density at radius 3 is 1.00 bits per heavy atom. The van der Waals surface area contributed by atoms with Crippen molar-refractivity contribution in [2.75, 3.05) is 0 Å². The van der Waals surface area contributed by atoms with Crippen molar-refractivity contribution in [3.8, 4) is 0 Å². The van der Waals surface area contributed by atoms with Gasteiger partial charge >= 0.3 is 169 Å². The summed E-state index contributed by atoms with van der Waals surface area (Å²) in [5, 5.41) is 0. The quantitative estimate of drug-likeness (QED) is 0.0753. The van der Waals surface area contributed by atoms with E-state index in [-0.39, 0.29) is 0 Å². The summed E-state index contributed by atoms with van der Waals surface area (Å²) in [6.45, 7) is 13.8. The fraction of sp³-hybridized carbons (Fsp3) is 1.00. The molecule has 0 spiro atoms. The van der Waals surface area contributed by atoms with Gasteiger partial charge in [0.1, 0.15) is 0 Å². The van der Waals surface area contributed by atoms with Crippen molar-refractivity contribution < 1.29 is 0 Å². The molecule has 1 atom stereocenters. The molecule has 0 aliphatic carbocycles. The Hall–Kier alpha value is 0.799. The molecule has 0 aliphatic heterocycles. The summed E-state index contributed by atoms with van der Waals surface area (Å²) in [6.07, 6.45) is 32.5. The van der Waals surface area contributed by atoms with E-state index >= 15 is 0 Å². The molecule has 0 nitrogen and oxygen atoms in total. The number of rotatable bonds is 25. The van der Waals surface area contributed by atoms with Crippen LogP contribution < -0.4 is 0 Å². The topological polar surface area (TPSA) is 0 Å². The van der Waals surface area contributed by atoms with Gasteiger partial charge in [-0.2, -0.15) is 0 Å². The van der Waals surface area contributed by atoms with Gasteiger partial charge in [-0.05, 0) is 5.92 Å². The molecule has 0 rings (SSSR count). The average Bonchev–Trinajstić information content (AvgIpc) is 2.83. The standard InChI is InChI=1S/C8H18.3C8H17.Sn.H/c1-4-6-7-8(3)5-2;3*1-3-5-7-8-6-4-2;;/h8H,4-7H2,1-3H3;3*1,3-8H2,2H3;;. The van der Waals surface area contributed by atoms with E-state index in [1.165, 1.54) is 103 Å². The summed E-state index contributed by atoms with van der Waals surface area (Å²) in [7, 11) is 0. The molecular formula is C32H70Sn. The van der Waals surface area contributed by atoms with Gasteiger partial charge in [-0.25, -0.2) is 0 Å². The maximum atomic E-state index is 2.33. The second-order valence-corrected chi connectivity index (χ2v) is 21.1. The number of hydrogen-bond acceptors (Lipinski definition) is 0. The van der Waals surface area contributed by atoms with Gasteiger partial charge in [0.2, 0.25) is 0 Å². The Morgan fingerprint density at radius 1 is 0.394 bits per heavy atom. The molecular weight excluding hydrogens is 503 g/mol. The van der Waals surface area contributed by atoms with Crippen molar-refractivity contribution in [2.24, 2.45) is 5.92 Å². The fourth-order valence-electron chi connectivity index (χ4n) is 4.83. The van der Waals surface area contributed by atoms with Crippen molar-refractivity contribution in [3.05, 3.63) is 0 Å². The molecule has 0 heterocycles. The van der Waals surface area contributed by atoms with Gasteiger partial charge in [-0.1, -0.05) is 46.5 Å². The molecule has 0 saturated carbocycles.